The van der Waals surface area contributed by atoms with E-state index in [-0.39, 0.29) is 16.1 Å². The molecule has 0 radical (unpaired) electrons. The molecule has 1 saturated carbocycles. The summed E-state index contributed by atoms with van der Waals surface area (Å²) >= 11 is -2.32. The fourth-order valence-electron chi connectivity index (χ4n) is 4.13. The number of pyridine rings is 1. The average Bonchev–Trinajstić information content (AvgIpc) is 3.47. The number of fused-ring (bicyclic) bond motifs is 1. The molecule has 2 aromatic heterocycles. The standard InChI is InChI=1S/C24H21FN2O4S2/c1-15-3-6-18(7-4-15)33(30,31)27-12-9-19-20(13-16(2)26-23(19)27)21-14-17(5-8-22(21)25)24(10-11-24)32(28)29/h3-9,12-14H,10-11H2,1-2H3,(H,28,29)/p-1. The Morgan fingerprint density at radius 2 is 1.73 bits per heavy atom. The van der Waals surface area contributed by atoms with Crippen LogP contribution in [0.4, 0.5) is 4.39 Å². The molecule has 0 spiro atoms. The minimum absolute atomic E-state index is 0.122. The normalized spacial score (nSPS) is 16.1. The Kier molecular flexibility index (Phi) is 5.04. The highest BCUT2D eigenvalue weighted by atomic mass is 32.2. The molecule has 4 aromatic rings. The molecule has 2 heterocycles. The molecular formula is C24H20FN2O4S2-. The Labute approximate surface area is 193 Å². The van der Waals surface area contributed by atoms with Crippen LogP contribution in [0.5, 0.6) is 0 Å². The van der Waals surface area contributed by atoms with Gasteiger partial charge in [0, 0.05) is 22.8 Å². The topological polar surface area (TPSA) is 92.1 Å². The molecule has 0 aliphatic heterocycles. The second-order valence-electron chi connectivity index (χ2n) is 8.40. The van der Waals surface area contributed by atoms with E-state index in [2.05, 4.69) is 4.98 Å². The van der Waals surface area contributed by atoms with Gasteiger partial charge >= 0.3 is 0 Å². The molecule has 6 nitrogen and oxygen atoms in total. The summed E-state index contributed by atoms with van der Waals surface area (Å²) in [5.74, 6) is -0.521. The van der Waals surface area contributed by atoms with Crippen LogP contribution in [-0.4, -0.2) is 26.1 Å². The van der Waals surface area contributed by atoms with Crippen LogP contribution in [0.2, 0.25) is 0 Å². The quantitative estimate of drug-likeness (QED) is 0.388. The molecule has 0 N–H and O–H groups in total. The van der Waals surface area contributed by atoms with Gasteiger partial charge < -0.3 is 4.55 Å². The number of benzene rings is 2. The minimum atomic E-state index is -3.92. The van der Waals surface area contributed by atoms with Crippen molar-refractivity contribution in [3.05, 3.63) is 83.4 Å². The Balaban J connectivity index is 1.71. The highest BCUT2D eigenvalue weighted by Crippen LogP contribution is 2.51. The van der Waals surface area contributed by atoms with E-state index in [0.717, 1.165) is 9.54 Å². The van der Waals surface area contributed by atoms with Crippen LogP contribution in [0.25, 0.3) is 22.2 Å². The maximum absolute atomic E-state index is 15.0. The van der Waals surface area contributed by atoms with Crippen molar-refractivity contribution < 1.29 is 21.6 Å². The summed E-state index contributed by atoms with van der Waals surface area (Å²) in [4.78, 5) is 4.56. The zero-order valence-corrected chi connectivity index (χ0v) is 19.5. The van der Waals surface area contributed by atoms with Crippen LogP contribution < -0.4 is 0 Å². The molecule has 1 unspecified atom stereocenters. The molecule has 33 heavy (non-hydrogen) atoms. The summed E-state index contributed by atoms with van der Waals surface area (Å²) in [7, 11) is -3.92. The molecule has 0 amide bonds. The van der Waals surface area contributed by atoms with Gasteiger partial charge in [-0.15, -0.1) is 0 Å². The van der Waals surface area contributed by atoms with E-state index in [4.69, 9.17) is 0 Å². The maximum Gasteiger partial charge on any atom is 0.269 e. The number of rotatable bonds is 5. The third-order valence-corrected chi connectivity index (χ3v) is 9.10. The first kappa shape index (κ1) is 21.9. The molecule has 0 saturated heterocycles. The van der Waals surface area contributed by atoms with Crippen molar-refractivity contribution in [1.82, 2.24) is 8.96 Å². The smallest absolute Gasteiger partial charge is 0.269 e. The summed E-state index contributed by atoms with van der Waals surface area (Å²) in [6.45, 7) is 3.57. The fourth-order valence-corrected chi connectivity index (χ4v) is 6.18. The summed E-state index contributed by atoms with van der Waals surface area (Å²) in [5, 5.41) is 0.459. The van der Waals surface area contributed by atoms with Crippen molar-refractivity contribution in [2.75, 3.05) is 0 Å². The van der Waals surface area contributed by atoms with E-state index in [9.17, 15) is 21.6 Å². The highest BCUT2D eigenvalue weighted by Gasteiger charge is 2.46. The first-order valence-electron chi connectivity index (χ1n) is 10.3. The lowest BCUT2D eigenvalue weighted by Crippen LogP contribution is -2.14. The largest absolute Gasteiger partial charge is 0.772 e. The van der Waals surface area contributed by atoms with Crippen molar-refractivity contribution >= 4 is 32.1 Å². The second kappa shape index (κ2) is 7.58. The number of nitrogens with zero attached hydrogens (tertiary/aromatic N) is 2. The molecule has 1 aliphatic carbocycles. The third kappa shape index (κ3) is 3.51. The van der Waals surface area contributed by atoms with Crippen molar-refractivity contribution in [3.63, 3.8) is 0 Å². The monoisotopic (exact) mass is 483 g/mol. The Hall–Kier alpha value is -2.88. The zero-order chi connectivity index (χ0) is 23.5. The molecular weight excluding hydrogens is 463 g/mol. The van der Waals surface area contributed by atoms with Gasteiger partial charge in [-0.1, -0.05) is 23.8 Å². The zero-order valence-electron chi connectivity index (χ0n) is 17.9. The molecule has 2 aromatic carbocycles. The number of halogens is 1. The van der Waals surface area contributed by atoms with Crippen LogP contribution in [0.15, 0.2) is 65.7 Å². The van der Waals surface area contributed by atoms with Crippen molar-refractivity contribution in [3.8, 4) is 11.1 Å². The molecule has 5 rings (SSSR count). The molecule has 9 heteroatoms. The molecule has 1 fully saturated rings. The first-order chi connectivity index (χ1) is 15.6. The van der Waals surface area contributed by atoms with E-state index in [1.165, 1.54) is 30.5 Å². The van der Waals surface area contributed by atoms with Crippen LogP contribution in [-0.2, 0) is 25.9 Å². The van der Waals surface area contributed by atoms with E-state index in [1.807, 2.05) is 6.92 Å². The van der Waals surface area contributed by atoms with E-state index in [1.54, 1.807) is 37.3 Å². The summed E-state index contributed by atoms with van der Waals surface area (Å²) < 4.78 is 65.2. The summed E-state index contributed by atoms with van der Waals surface area (Å²) in [5.41, 5.74) is 2.83. The molecule has 1 aliphatic rings. The van der Waals surface area contributed by atoms with Gasteiger partial charge in [0.15, 0.2) is 5.65 Å². The Morgan fingerprint density at radius 1 is 1.03 bits per heavy atom. The van der Waals surface area contributed by atoms with Gasteiger partial charge in [-0.05, 0) is 85.3 Å². The van der Waals surface area contributed by atoms with Crippen molar-refractivity contribution in [2.24, 2.45) is 0 Å². The van der Waals surface area contributed by atoms with Gasteiger partial charge in [0.05, 0.1) is 9.64 Å². The maximum atomic E-state index is 15.0. The van der Waals surface area contributed by atoms with Gasteiger partial charge in [0.2, 0.25) is 0 Å². The lowest BCUT2D eigenvalue weighted by atomic mass is 9.98. The SMILES string of the molecule is Cc1ccc(S(=O)(=O)n2ccc3c(-c4cc(C5(S(=O)[O-])CC5)ccc4F)cc(C)nc32)cc1. The second-order valence-corrected chi connectivity index (χ2v) is 11.5. The Bertz CT molecular complexity index is 1540. The molecule has 1 atom stereocenters. The lowest BCUT2D eigenvalue weighted by molar-refractivity contribution is 0.521. The molecule has 170 valence electrons. The Morgan fingerprint density at radius 3 is 2.36 bits per heavy atom. The fraction of sp³-hybridized carbons (Fsp3) is 0.208. The van der Waals surface area contributed by atoms with Crippen LogP contribution in [0.1, 0.15) is 29.7 Å². The van der Waals surface area contributed by atoms with Gasteiger partial charge in [-0.25, -0.2) is 21.8 Å². The van der Waals surface area contributed by atoms with Crippen molar-refractivity contribution in [2.45, 2.75) is 36.3 Å². The summed E-state index contributed by atoms with van der Waals surface area (Å²) in [6.07, 6.45) is 2.39. The van der Waals surface area contributed by atoms with E-state index < -0.39 is 31.7 Å². The average molecular weight is 484 g/mol. The first-order valence-corrected chi connectivity index (χ1v) is 12.9. The number of aryl methyl sites for hydroxylation is 2. The molecule has 0 bridgehead atoms. The van der Waals surface area contributed by atoms with E-state index >= 15 is 0 Å². The van der Waals surface area contributed by atoms with Gasteiger partial charge in [-0.2, -0.15) is 0 Å². The number of hydrogen-bond acceptors (Lipinski definition) is 5. The number of aromatic nitrogens is 2. The van der Waals surface area contributed by atoms with Crippen LogP contribution in [0, 0.1) is 19.7 Å². The van der Waals surface area contributed by atoms with Crippen LogP contribution >= 0.6 is 0 Å². The van der Waals surface area contributed by atoms with Gasteiger partial charge in [0.25, 0.3) is 10.0 Å². The van der Waals surface area contributed by atoms with E-state index in [0.29, 0.717) is 35.0 Å². The van der Waals surface area contributed by atoms with Gasteiger partial charge in [0.1, 0.15) is 5.82 Å². The predicted molar refractivity (Wildman–Crippen MR) is 123 cm³/mol. The minimum Gasteiger partial charge on any atom is -0.772 e. The lowest BCUT2D eigenvalue weighted by Gasteiger charge is -2.20. The van der Waals surface area contributed by atoms with Crippen molar-refractivity contribution in [1.29, 1.82) is 0 Å². The number of hydrogen-bond donors (Lipinski definition) is 0. The van der Waals surface area contributed by atoms with Crippen LogP contribution in [0.3, 0.4) is 0 Å². The summed E-state index contributed by atoms with van der Waals surface area (Å²) in [6, 6.07) is 14.1. The van der Waals surface area contributed by atoms with Gasteiger partial charge in [-0.3, -0.25) is 4.21 Å². The predicted octanol–water partition coefficient (Wildman–Crippen LogP) is 4.56. The highest BCUT2D eigenvalue weighted by molar-refractivity contribution is 7.90. The third-order valence-electron chi connectivity index (χ3n) is 6.14.